The third-order valence-corrected chi connectivity index (χ3v) is 3.30. The fourth-order valence-electron chi connectivity index (χ4n) is 2.08. The Kier molecular flexibility index (Phi) is 6.48. The Morgan fingerprint density at radius 3 is 2.12 bits per heavy atom. The number of benzene rings is 2. The summed E-state index contributed by atoms with van der Waals surface area (Å²) >= 11 is 0. The number of ether oxygens (including phenoxy) is 2. The van der Waals surface area contributed by atoms with Crippen LogP contribution in [0.25, 0.3) is 0 Å². The van der Waals surface area contributed by atoms with E-state index in [-0.39, 0.29) is 11.1 Å². The van der Waals surface area contributed by atoms with Gasteiger partial charge in [-0.25, -0.2) is 8.78 Å². The lowest BCUT2D eigenvalue weighted by atomic mass is 10.2. The van der Waals surface area contributed by atoms with Gasteiger partial charge in [0.25, 0.3) is 11.8 Å². The van der Waals surface area contributed by atoms with Crippen molar-refractivity contribution in [2.24, 2.45) is 0 Å². The van der Waals surface area contributed by atoms with Gasteiger partial charge >= 0.3 is 0 Å². The van der Waals surface area contributed by atoms with Gasteiger partial charge in [-0.05, 0) is 36.8 Å². The normalized spacial score (nSPS) is 10.2. The summed E-state index contributed by atoms with van der Waals surface area (Å²) in [6.45, 7) is 2.46. The number of hydrogen-bond donors (Lipinski definition) is 2. The molecule has 6 nitrogen and oxygen atoms in total. The van der Waals surface area contributed by atoms with Crippen LogP contribution in [0.4, 0.5) is 8.78 Å². The lowest BCUT2D eigenvalue weighted by molar-refractivity contribution is 0.0846. The van der Waals surface area contributed by atoms with Crippen molar-refractivity contribution in [2.45, 2.75) is 13.3 Å². The number of hydrazine groups is 1. The third kappa shape index (κ3) is 4.92. The zero-order valence-corrected chi connectivity index (χ0v) is 14.3. The number of hydrogen-bond acceptors (Lipinski definition) is 4. The third-order valence-electron chi connectivity index (χ3n) is 3.30. The van der Waals surface area contributed by atoms with Crippen LogP contribution in [0.2, 0.25) is 0 Å². The molecule has 0 fully saturated rings. The molecule has 2 aromatic carbocycles. The highest BCUT2D eigenvalue weighted by molar-refractivity contribution is 5.99. The van der Waals surface area contributed by atoms with E-state index in [1.807, 2.05) is 6.92 Å². The van der Waals surface area contributed by atoms with E-state index >= 15 is 0 Å². The largest absolute Gasteiger partial charge is 0.493 e. The molecule has 2 N–H and O–H groups in total. The first-order valence-electron chi connectivity index (χ1n) is 7.82. The molecule has 0 aliphatic heterocycles. The van der Waals surface area contributed by atoms with Gasteiger partial charge in [0.05, 0.1) is 13.7 Å². The highest BCUT2D eigenvalue weighted by Gasteiger charge is 2.14. The molecule has 8 heteroatoms. The van der Waals surface area contributed by atoms with Crippen LogP contribution in [0.1, 0.15) is 34.1 Å². The molecule has 2 aromatic rings. The molecule has 2 amide bonds. The Morgan fingerprint density at radius 2 is 1.54 bits per heavy atom. The van der Waals surface area contributed by atoms with Gasteiger partial charge in [0.15, 0.2) is 11.5 Å². The van der Waals surface area contributed by atoms with Gasteiger partial charge in [-0.15, -0.1) is 0 Å². The van der Waals surface area contributed by atoms with Crippen molar-refractivity contribution in [3.63, 3.8) is 0 Å². The summed E-state index contributed by atoms with van der Waals surface area (Å²) in [5.41, 5.74) is 4.21. The monoisotopic (exact) mass is 364 g/mol. The number of halogens is 2. The first-order chi connectivity index (χ1) is 12.4. The van der Waals surface area contributed by atoms with Gasteiger partial charge in [0, 0.05) is 17.2 Å². The molecule has 0 aliphatic carbocycles. The number of nitrogens with one attached hydrogen (secondary N) is 2. The first kappa shape index (κ1) is 19.2. The minimum Gasteiger partial charge on any atom is -0.493 e. The zero-order valence-electron chi connectivity index (χ0n) is 14.3. The van der Waals surface area contributed by atoms with Gasteiger partial charge in [-0.1, -0.05) is 6.92 Å². The van der Waals surface area contributed by atoms with Gasteiger partial charge < -0.3 is 9.47 Å². The molecule has 0 radical (unpaired) electrons. The second kappa shape index (κ2) is 8.80. The number of methoxy groups -OCH3 is 1. The number of rotatable bonds is 6. The lowest BCUT2D eigenvalue weighted by Crippen LogP contribution is -2.41. The minimum absolute atomic E-state index is 0.205. The van der Waals surface area contributed by atoms with Crippen molar-refractivity contribution in [1.29, 1.82) is 0 Å². The molecule has 0 atom stereocenters. The molecular weight excluding hydrogens is 346 g/mol. The van der Waals surface area contributed by atoms with Crippen LogP contribution in [0.5, 0.6) is 11.5 Å². The highest BCUT2D eigenvalue weighted by atomic mass is 19.1. The Balaban J connectivity index is 2.04. The summed E-state index contributed by atoms with van der Waals surface area (Å²) in [6, 6.07) is 6.88. The topological polar surface area (TPSA) is 76.7 Å². The fourth-order valence-corrected chi connectivity index (χ4v) is 2.08. The summed E-state index contributed by atoms with van der Waals surface area (Å²) in [5.74, 6) is -2.42. The quantitative estimate of drug-likeness (QED) is 0.773. The zero-order chi connectivity index (χ0) is 19.1. The van der Waals surface area contributed by atoms with Crippen LogP contribution in [0, 0.1) is 11.6 Å². The predicted octanol–water partition coefficient (Wildman–Crippen LogP) is 2.84. The Morgan fingerprint density at radius 1 is 0.923 bits per heavy atom. The second-order valence-corrected chi connectivity index (χ2v) is 5.28. The average molecular weight is 364 g/mol. The highest BCUT2D eigenvalue weighted by Crippen LogP contribution is 2.28. The van der Waals surface area contributed by atoms with Gasteiger partial charge in [-0.2, -0.15) is 0 Å². The van der Waals surface area contributed by atoms with Gasteiger partial charge in [0.1, 0.15) is 11.6 Å². The summed E-state index contributed by atoms with van der Waals surface area (Å²) in [7, 11) is 1.44. The molecular formula is C18H18F2N2O4. The molecule has 0 saturated heterocycles. The summed E-state index contributed by atoms with van der Waals surface area (Å²) in [4.78, 5) is 24.0. The van der Waals surface area contributed by atoms with Crippen LogP contribution >= 0.6 is 0 Å². The van der Waals surface area contributed by atoms with E-state index in [4.69, 9.17) is 9.47 Å². The first-order valence-corrected chi connectivity index (χ1v) is 7.82. The number of carbonyl (C=O) groups excluding carboxylic acids is 2. The molecule has 0 spiro atoms. The van der Waals surface area contributed by atoms with E-state index in [0.29, 0.717) is 24.2 Å². The van der Waals surface area contributed by atoms with Crippen molar-refractivity contribution >= 4 is 11.8 Å². The number of amides is 2. The Labute approximate surface area is 149 Å². The Bertz CT molecular complexity index is 792. The molecule has 138 valence electrons. The smallest absolute Gasteiger partial charge is 0.269 e. The van der Waals surface area contributed by atoms with E-state index in [1.54, 1.807) is 6.07 Å². The van der Waals surface area contributed by atoms with E-state index in [2.05, 4.69) is 10.9 Å². The minimum atomic E-state index is -0.895. The summed E-state index contributed by atoms with van der Waals surface area (Å²) < 4.78 is 36.9. The van der Waals surface area contributed by atoms with Gasteiger partial charge in [-0.3, -0.25) is 20.4 Å². The SMILES string of the molecule is CCCOc1ccc(C(=O)NNC(=O)c2cc(F)cc(F)c2)cc1OC. The predicted molar refractivity (Wildman–Crippen MR) is 90.1 cm³/mol. The summed E-state index contributed by atoms with van der Waals surface area (Å²) in [5, 5.41) is 0. The van der Waals surface area contributed by atoms with Crippen molar-refractivity contribution < 1.29 is 27.8 Å². The molecule has 0 unspecified atom stereocenters. The van der Waals surface area contributed by atoms with Gasteiger partial charge in [0.2, 0.25) is 0 Å². The summed E-state index contributed by atoms with van der Waals surface area (Å²) in [6.07, 6.45) is 0.818. The van der Waals surface area contributed by atoms with Crippen molar-refractivity contribution in [3.8, 4) is 11.5 Å². The second-order valence-electron chi connectivity index (χ2n) is 5.28. The maximum atomic E-state index is 13.1. The maximum Gasteiger partial charge on any atom is 0.269 e. The van der Waals surface area contributed by atoms with Crippen molar-refractivity contribution in [1.82, 2.24) is 10.9 Å². The lowest BCUT2D eigenvalue weighted by Gasteiger charge is -2.12. The van der Waals surface area contributed by atoms with Crippen LogP contribution in [-0.4, -0.2) is 25.5 Å². The molecule has 2 rings (SSSR count). The maximum absolute atomic E-state index is 13.1. The molecule has 0 aliphatic rings. The van der Waals surface area contributed by atoms with Crippen molar-refractivity contribution in [2.75, 3.05) is 13.7 Å². The van der Waals surface area contributed by atoms with Crippen LogP contribution in [-0.2, 0) is 0 Å². The van der Waals surface area contributed by atoms with E-state index in [1.165, 1.54) is 19.2 Å². The van der Waals surface area contributed by atoms with Crippen molar-refractivity contribution in [3.05, 3.63) is 59.2 Å². The van der Waals surface area contributed by atoms with Crippen LogP contribution in [0.3, 0.4) is 0 Å². The molecule has 26 heavy (non-hydrogen) atoms. The fraction of sp³-hybridized carbons (Fsp3) is 0.222. The molecule has 0 aromatic heterocycles. The number of carbonyl (C=O) groups is 2. The molecule has 0 bridgehead atoms. The average Bonchev–Trinajstić information content (AvgIpc) is 2.63. The van der Waals surface area contributed by atoms with Crippen LogP contribution < -0.4 is 20.3 Å². The van der Waals surface area contributed by atoms with E-state index in [9.17, 15) is 18.4 Å². The molecule has 0 heterocycles. The van der Waals surface area contributed by atoms with E-state index in [0.717, 1.165) is 18.6 Å². The van der Waals surface area contributed by atoms with E-state index < -0.39 is 23.4 Å². The standard InChI is InChI=1S/C18H18F2N2O4/c1-3-6-26-15-5-4-11(9-16(15)25-2)17(23)21-22-18(24)12-7-13(19)10-14(20)8-12/h4-5,7-10H,3,6H2,1-2H3,(H,21,23)(H,22,24). The molecule has 0 saturated carbocycles. The Hall–Kier alpha value is -3.16. The van der Waals surface area contributed by atoms with Crippen LogP contribution in [0.15, 0.2) is 36.4 Å².